The van der Waals surface area contributed by atoms with Gasteiger partial charge in [-0.3, -0.25) is 4.98 Å². The summed E-state index contributed by atoms with van der Waals surface area (Å²) in [5, 5.41) is 3.97. The van der Waals surface area contributed by atoms with Gasteiger partial charge in [0.1, 0.15) is 0 Å². The normalized spacial score (nSPS) is 16.0. The number of furan rings is 1. The number of hydrogen-bond donors (Lipinski definition) is 0. The van der Waals surface area contributed by atoms with Gasteiger partial charge < -0.3 is 14.2 Å². The van der Waals surface area contributed by atoms with E-state index in [1.807, 2.05) is 30.3 Å². The van der Waals surface area contributed by atoms with Crippen LogP contribution in [0, 0.1) is 0 Å². The molecule has 0 bridgehead atoms. The Kier molecular flexibility index (Phi) is 6.14. The molecule has 0 amide bonds. The summed E-state index contributed by atoms with van der Waals surface area (Å²) in [6.07, 6.45) is -6.87. The number of nitrogens with zero attached hydrogens (tertiary/aromatic N) is 3. The Morgan fingerprint density at radius 1 is 0.838 bits per heavy atom. The number of amidine groups is 1. The molecule has 0 saturated carbocycles. The first-order chi connectivity index (χ1) is 17.6. The van der Waals surface area contributed by atoms with Crippen molar-refractivity contribution in [3.05, 3.63) is 113 Å². The molecule has 0 N–H and O–H groups in total. The summed E-state index contributed by atoms with van der Waals surface area (Å²) in [7, 11) is 0. The van der Waals surface area contributed by atoms with E-state index < -0.39 is 29.7 Å². The Morgan fingerprint density at radius 3 is 2.16 bits per heavy atom. The van der Waals surface area contributed by atoms with Crippen LogP contribution >= 0.6 is 0 Å². The van der Waals surface area contributed by atoms with E-state index in [4.69, 9.17) is 9.25 Å². The van der Waals surface area contributed by atoms with Crippen molar-refractivity contribution in [3.8, 4) is 11.1 Å². The van der Waals surface area contributed by atoms with Crippen molar-refractivity contribution >= 4 is 5.84 Å². The summed E-state index contributed by atoms with van der Waals surface area (Å²) in [4.78, 5) is 11.0. The number of rotatable bonds is 5. The Bertz CT molecular complexity index is 1380. The van der Waals surface area contributed by atoms with E-state index in [2.05, 4.69) is 10.1 Å². The van der Waals surface area contributed by atoms with Crippen molar-refractivity contribution < 1.29 is 35.6 Å². The highest BCUT2D eigenvalue weighted by atomic mass is 19.4. The summed E-state index contributed by atoms with van der Waals surface area (Å²) in [5.74, 6) is 0.347. The zero-order valence-corrected chi connectivity index (χ0v) is 18.8. The van der Waals surface area contributed by atoms with Gasteiger partial charge in [0.25, 0.3) is 0 Å². The average molecular weight is 517 g/mol. The number of pyridine rings is 1. The van der Waals surface area contributed by atoms with Crippen LogP contribution in [0.4, 0.5) is 26.3 Å². The van der Waals surface area contributed by atoms with Crippen LogP contribution in [0.2, 0.25) is 0 Å². The lowest BCUT2D eigenvalue weighted by Crippen LogP contribution is -2.31. The lowest BCUT2D eigenvalue weighted by Gasteiger charge is -2.27. The zero-order valence-electron chi connectivity index (χ0n) is 18.8. The SMILES string of the molecule is FC(F)(F)c1cc(C2ON=C(c3ccco3)N2Cc2cnccc2-c2ccccc2)cc(C(F)(F)F)c1. The summed E-state index contributed by atoms with van der Waals surface area (Å²) >= 11 is 0. The van der Waals surface area contributed by atoms with Crippen molar-refractivity contribution in [2.24, 2.45) is 5.16 Å². The third-order valence-electron chi connectivity index (χ3n) is 5.76. The molecule has 0 fully saturated rings. The highest BCUT2D eigenvalue weighted by Crippen LogP contribution is 2.41. The molecule has 1 aliphatic heterocycles. The van der Waals surface area contributed by atoms with Crippen molar-refractivity contribution in [3.63, 3.8) is 0 Å². The van der Waals surface area contributed by atoms with Crippen LogP contribution in [0.5, 0.6) is 0 Å². The van der Waals surface area contributed by atoms with Gasteiger partial charge in [-0.05, 0) is 53.1 Å². The molecule has 5 nitrogen and oxygen atoms in total. The van der Waals surface area contributed by atoms with Crippen LogP contribution in [0.15, 0.2) is 95.0 Å². The van der Waals surface area contributed by atoms with Crippen molar-refractivity contribution in [1.82, 2.24) is 9.88 Å². The second kappa shape index (κ2) is 9.30. The smallest absolute Gasteiger partial charge is 0.416 e. The second-order valence-electron chi connectivity index (χ2n) is 8.22. The third-order valence-corrected chi connectivity index (χ3v) is 5.76. The van der Waals surface area contributed by atoms with E-state index in [0.717, 1.165) is 11.1 Å². The molecule has 1 atom stereocenters. The quantitative estimate of drug-likeness (QED) is 0.261. The van der Waals surface area contributed by atoms with E-state index in [1.165, 1.54) is 11.2 Å². The number of alkyl halides is 6. The van der Waals surface area contributed by atoms with E-state index in [-0.39, 0.29) is 29.8 Å². The van der Waals surface area contributed by atoms with Gasteiger partial charge in [0, 0.05) is 18.0 Å². The highest BCUT2D eigenvalue weighted by molar-refractivity contribution is 5.97. The summed E-state index contributed by atoms with van der Waals surface area (Å²) in [5.41, 5.74) is -0.979. The summed E-state index contributed by atoms with van der Waals surface area (Å²) in [6, 6.07) is 15.5. The van der Waals surface area contributed by atoms with Crippen LogP contribution in [-0.4, -0.2) is 15.7 Å². The number of aromatic nitrogens is 1. The van der Waals surface area contributed by atoms with E-state index in [1.54, 1.807) is 30.6 Å². The van der Waals surface area contributed by atoms with Gasteiger partial charge in [-0.2, -0.15) is 26.3 Å². The Morgan fingerprint density at radius 2 is 1.54 bits per heavy atom. The maximum atomic E-state index is 13.5. The average Bonchev–Trinajstić information content (AvgIpc) is 3.54. The van der Waals surface area contributed by atoms with Crippen molar-refractivity contribution in [2.75, 3.05) is 0 Å². The van der Waals surface area contributed by atoms with Gasteiger partial charge in [0.15, 0.2) is 5.76 Å². The molecule has 1 aliphatic rings. The standard InChI is InChI=1S/C26H17F6N3O2/c27-25(28,29)19-11-17(12-20(13-19)26(30,31)32)24-35(23(34-37-24)22-7-4-10-36-22)15-18-14-33-9-8-21(18)16-5-2-1-3-6-16/h1-14,24H,15H2. The number of oxime groups is 1. The van der Waals surface area contributed by atoms with E-state index in [0.29, 0.717) is 17.7 Å². The van der Waals surface area contributed by atoms with Gasteiger partial charge >= 0.3 is 12.4 Å². The minimum absolute atomic E-state index is 0.000135. The molecule has 2 aromatic carbocycles. The van der Waals surface area contributed by atoms with Gasteiger partial charge in [-0.15, -0.1) is 0 Å². The molecule has 0 radical (unpaired) electrons. The molecule has 190 valence electrons. The number of hydrogen-bond acceptors (Lipinski definition) is 5. The molecule has 2 aromatic heterocycles. The van der Waals surface area contributed by atoms with Crippen LogP contribution in [0.3, 0.4) is 0 Å². The predicted molar refractivity (Wildman–Crippen MR) is 121 cm³/mol. The Hall–Kier alpha value is -4.28. The molecule has 5 rings (SSSR count). The van der Waals surface area contributed by atoms with Gasteiger partial charge in [0.2, 0.25) is 12.1 Å². The highest BCUT2D eigenvalue weighted by Gasteiger charge is 2.41. The van der Waals surface area contributed by atoms with Crippen molar-refractivity contribution in [1.29, 1.82) is 0 Å². The minimum Gasteiger partial charge on any atom is -0.461 e. The molecule has 11 heteroatoms. The van der Waals surface area contributed by atoms with Crippen LogP contribution < -0.4 is 0 Å². The summed E-state index contributed by atoms with van der Waals surface area (Å²) < 4.78 is 86.6. The Labute approximate surface area is 206 Å². The topological polar surface area (TPSA) is 50.9 Å². The zero-order chi connectivity index (χ0) is 26.2. The molecule has 1 unspecified atom stereocenters. The van der Waals surface area contributed by atoms with Crippen LogP contribution in [0.1, 0.15) is 34.2 Å². The molecule has 0 spiro atoms. The lowest BCUT2D eigenvalue weighted by atomic mass is 10.00. The van der Waals surface area contributed by atoms with Gasteiger partial charge in [0.05, 0.1) is 23.9 Å². The van der Waals surface area contributed by atoms with Crippen molar-refractivity contribution in [2.45, 2.75) is 25.1 Å². The fourth-order valence-corrected chi connectivity index (χ4v) is 4.07. The molecule has 37 heavy (non-hydrogen) atoms. The molecule has 0 saturated heterocycles. The van der Waals surface area contributed by atoms with Gasteiger partial charge in [-0.1, -0.05) is 35.5 Å². The molecular weight excluding hydrogens is 500 g/mol. The second-order valence-corrected chi connectivity index (χ2v) is 8.22. The van der Waals surface area contributed by atoms with Crippen LogP contribution in [-0.2, 0) is 23.7 Å². The fraction of sp³-hybridized carbons (Fsp3) is 0.154. The first kappa shape index (κ1) is 24.4. The molecule has 0 aliphatic carbocycles. The van der Waals surface area contributed by atoms with Crippen LogP contribution in [0.25, 0.3) is 11.1 Å². The summed E-state index contributed by atoms with van der Waals surface area (Å²) in [6.45, 7) is -0.000135. The lowest BCUT2D eigenvalue weighted by molar-refractivity contribution is -0.143. The predicted octanol–water partition coefficient (Wildman–Crippen LogP) is 7.27. The minimum atomic E-state index is -5.01. The maximum Gasteiger partial charge on any atom is 0.416 e. The largest absolute Gasteiger partial charge is 0.461 e. The molecule has 3 heterocycles. The first-order valence-electron chi connectivity index (χ1n) is 10.9. The van der Waals surface area contributed by atoms with Gasteiger partial charge in [-0.25, -0.2) is 0 Å². The van der Waals surface area contributed by atoms with E-state index in [9.17, 15) is 26.3 Å². The Balaban J connectivity index is 1.60. The van der Waals surface area contributed by atoms with E-state index >= 15 is 0 Å². The monoisotopic (exact) mass is 517 g/mol. The first-order valence-corrected chi connectivity index (χ1v) is 10.9. The fourth-order valence-electron chi connectivity index (χ4n) is 4.07. The number of halogens is 6. The number of benzene rings is 2. The maximum absolute atomic E-state index is 13.5. The molecular formula is C26H17F6N3O2. The third kappa shape index (κ3) is 5.02. The molecule has 4 aromatic rings.